The van der Waals surface area contributed by atoms with Gasteiger partial charge in [0.15, 0.2) is 0 Å². The second-order valence-corrected chi connectivity index (χ2v) is 4.44. The molecule has 0 radical (unpaired) electrons. The third-order valence-corrected chi connectivity index (χ3v) is 2.95. The average Bonchev–Trinajstić information content (AvgIpc) is 3.02. The monoisotopic (exact) mass is 281 g/mol. The average molecular weight is 281 g/mol. The van der Waals surface area contributed by atoms with Crippen molar-refractivity contribution in [3.05, 3.63) is 78.6 Å². The minimum Gasteiger partial charge on any atom is -0.324 e. The second-order valence-electron chi connectivity index (χ2n) is 4.44. The molecule has 1 N–H and O–H groups in total. The predicted octanol–water partition coefficient (Wildman–Crippen LogP) is 3.26. The minimum absolute atomic E-state index is 0.0429. The van der Waals surface area contributed by atoms with E-state index in [4.69, 9.17) is 0 Å². The summed E-state index contributed by atoms with van der Waals surface area (Å²) in [5, 5.41) is 2.71. The Labute approximate surface area is 120 Å². The van der Waals surface area contributed by atoms with Crippen LogP contribution in [0.1, 0.15) is 10.5 Å². The molecule has 4 nitrogen and oxygen atoms in total. The number of aromatic nitrogens is 2. The molecule has 0 bridgehead atoms. The van der Waals surface area contributed by atoms with Gasteiger partial charge >= 0.3 is 0 Å². The van der Waals surface area contributed by atoms with Crippen molar-refractivity contribution in [1.82, 2.24) is 9.55 Å². The van der Waals surface area contributed by atoms with E-state index in [0.717, 1.165) is 5.69 Å². The molecule has 1 aromatic carbocycles. The van der Waals surface area contributed by atoms with E-state index in [-0.39, 0.29) is 5.69 Å². The molecule has 5 heteroatoms. The molecule has 0 aliphatic carbocycles. The van der Waals surface area contributed by atoms with Crippen molar-refractivity contribution in [1.29, 1.82) is 0 Å². The maximum absolute atomic E-state index is 13.0. The molecule has 3 aromatic rings. The van der Waals surface area contributed by atoms with Crippen LogP contribution in [-0.2, 0) is 0 Å². The van der Waals surface area contributed by atoms with Crippen molar-refractivity contribution in [2.24, 2.45) is 0 Å². The Morgan fingerprint density at radius 1 is 1.05 bits per heavy atom. The zero-order valence-electron chi connectivity index (χ0n) is 11.0. The molecular weight excluding hydrogens is 269 g/mol. The summed E-state index contributed by atoms with van der Waals surface area (Å²) in [5.74, 6) is -1.12. The smallest absolute Gasteiger partial charge is 0.274 e. The molecule has 0 unspecified atom stereocenters. The number of benzene rings is 1. The van der Waals surface area contributed by atoms with Crippen LogP contribution in [0.3, 0.4) is 0 Å². The Morgan fingerprint density at radius 3 is 2.57 bits per heavy atom. The molecule has 0 saturated carbocycles. The van der Waals surface area contributed by atoms with Gasteiger partial charge in [-0.05, 0) is 42.5 Å². The Bertz CT molecular complexity index is 769. The second kappa shape index (κ2) is 5.58. The van der Waals surface area contributed by atoms with E-state index in [0.29, 0.717) is 5.69 Å². The summed E-state index contributed by atoms with van der Waals surface area (Å²) in [6.07, 6.45) is 3.82. The van der Waals surface area contributed by atoms with E-state index in [9.17, 15) is 9.18 Å². The largest absolute Gasteiger partial charge is 0.324 e. The highest BCUT2D eigenvalue weighted by atomic mass is 19.1. The van der Waals surface area contributed by atoms with Crippen LogP contribution >= 0.6 is 0 Å². The fraction of sp³-hybridized carbons (Fsp3) is 0. The molecule has 0 aliphatic heterocycles. The van der Waals surface area contributed by atoms with Crippen LogP contribution in [0.5, 0.6) is 0 Å². The van der Waals surface area contributed by atoms with Gasteiger partial charge < -0.3 is 9.88 Å². The van der Waals surface area contributed by atoms with Crippen molar-refractivity contribution >= 4 is 11.6 Å². The first-order valence-corrected chi connectivity index (χ1v) is 6.40. The van der Waals surface area contributed by atoms with Crippen LogP contribution in [0.15, 0.2) is 67.0 Å². The van der Waals surface area contributed by atoms with Gasteiger partial charge in [-0.2, -0.15) is 4.39 Å². The van der Waals surface area contributed by atoms with E-state index in [1.807, 2.05) is 47.3 Å². The van der Waals surface area contributed by atoms with Gasteiger partial charge in [-0.15, -0.1) is 0 Å². The number of anilines is 1. The van der Waals surface area contributed by atoms with Crippen LogP contribution in [0, 0.1) is 5.95 Å². The van der Waals surface area contributed by atoms with Crippen LogP contribution in [0.4, 0.5) is 10.1 Å². The predicted molar refractivity (Wildman–Crippen MR) is 77.9 cm³/mol. The van der Waals surface area contributed by atoms with Crippen molar-refractivity contribution in [3.8, 4) is 5.69 Å². The molecule has 0 atom stereocenters. The number of pyridine rings is 1. The first-order valence-electron chi connectivity index (χ1n) is 6.40. The molecule has 2 heterocycles. The maximum Gasteiger partial charge on any atom is 0.274 e. The number of carbonyl (C=O) groups is 1. The fourth-order valence-electron chi connectivity index (χ4n) is 1.98. The van der Waals surface area contributed by atoms with E-state index in [1.54, 1.807) is 6.07 Å². The van der Waals surface area contributed by atoms with Gasteiger partial charge in [0.1, 0.15) is 5.69 Å². The highest BCUT2D eigenvalue weighted by Gasteiger charge is 2.09. The van der Waals surface area contributed by atoms with Gasteiger partial charge in [-0.1, -0.05) is 12.1 Å². The molecule has 0 fully saturated rings. The lowest BCUT2D eigenvalue weighted by Crippen LogP contribution is -2.14. The van der Waals surface area contributed by atoms with Crippen LogP contribution in [0.25, 0.3) is 5.69 Å². The molecule has 0 saturated heterocycles. The quantitative estimate of drug-likeness (QED) is 0.749. The van der Waals surface area contributed by atoms with Crippen LogP contribution in [0.2, 0.25) is 0 Å². The number of rotatable bonds is 3. The van der Waals surface area contributed by atoms with Crippen molar-refractivity contribution in [3.63, 3.8) is 0 Å². The zero-order valence-corrected chi connectivity index (χ0v) is 11.0. The van der Waals surface area contributed by atoms with Crippen LogP contribution < -0.4 is 5.32 Å². The van der Waals surface area contributed by atoms with E-state index in [2.05, 4.69) is 10.3 Å². The fourth-order valence-corrected chi connectivity index (χ4v) is 1.98. The summed E-state index contributed by atoms with van der Waals surface area (Å²) in [5.41, 5.74) is 1.59. The van der Waals surface area contributed by atoms with Gasteiger partial charge in [0, 0.05) is 23.8 Å². The van der Waals surface area contributed by atoms with Gasteiger partial charge in [0.2, 0.25) is 5.95 Å². The lowest BCUT2D eigenvalue weighted by molar-refractivity contribution is 0.102. The van der Waals surface area contributed by atoms with Crippen molar-refractivity contribution < 1.29 is 9.18 Å². The Hall–Kier alpha value is -2.95. The molecule has 3 rings (SSSR count). The number of amides is 1. The molecule has 0 aliphatic rings. The standard InChI is InChI=1S/C16H12FN3O/c17-15-8-4-7-14(19-15)16(21)18-12-5-3-6-13(11-12)20-9-1-2-10-20/h1-11H,(H,18,21). The highest BCUT2D eigenvalue weighted by molar-refractivity contribution is 6.02. The van der Waals surface area contributed by atoms with Gasteiger partial charge in [-0.25, -0.2) is 4.98 Å². The third kappa shape index (κ3) is 2.97. The first-order chi connectivity index (χ1) is 10.2. The number of hydrogen-bond donors (Lipinski definition) is 1. The van der Waals surface area contributed by atoms with Crippen molar-refractivity contribution in [2.75, 3.05) is 5.32 Å². The SMILES string of the molecule is O=C(Nc1cccc(-n2cccc2)c1)c1cccc(F)n1. The Morgan fingerprint density at radius 2 is 1.81 bits per heavy atom. The third-order valence-electron chi connectivity index (χ3n) is 2.95. The van der Waals surface area contributed by atoms with E-state index < -0.39 is 11.9 Å². The van der Waals surface area contributed by atoms with Gasteiger partial charge in [-0.3, -0.25) is 4.79 Å². The maximum atomic E-state index is 13.0. The number of nitrogens with zero attached hydrogens (tertiary/aromatic N) is 2. The Balaban J connectivity index is 1.82. The zero-order chi connectivity index (χ0) is 14.7. The summed E-state index contributed by atoms with van der Waals surface area (Å²) in [6.45, 7) is 0. The lowest BCUT2D eigenvalue weighted by atomic mass is 10.2. The van der Waals surface area contributed by atoms with E-state index in [1.165, 1.54) is 18.2 Å². The topological polar surface area (TPSA) is 46.9 Å². The molecular formula is C16H12FN3O. The summed E-state index contributed by atoms with van der Waals surface area (Å²) < 4.78 is 14.9. The Kier molecular flexibility index (Phi) is 3.47. The van der Waals surface area contributed by atoms with Gasteiger partial charge in [0.25, 0.3) is 5.91 Å². The molecule has 104 valence electrons. The number of carbonyl (C=O) groups excluding carboxylic acids is 1. The summed E-state index contributed by atoms with van der Waals surface area (Å²) in [6, 6.07) is 15.3. The number of nitrogens with one attached hydrogen (secondary N) is 1. The molecule has 2 aromatic heterocycles. The summed E-state index contributed by atoms with van der Waals surface area (Å²) in [7, 11) is 0. The van der Waals surface area contributed by atoms with E-state index >= 15 is 0 Å². The first kappa shape index (κ1) is 13.1. The lowest BCUT2D eigenvalue weighted by Gasteiger charge is -2.08. The molecule has 1 amide bonds. The van der Waals surface area contributed by atoms with Gasteiger partial charge in [0.05, 0.1) is 0 Å². The number of hydrogen-bond acceptors (Lipinski definition) is 2. The minimum atomic E-state index is -0.677. The van der Waals surface area contributed by atoms with Crippen LogP contribution in [-0.4, -0.2) is 15.5 Å². The number of halogens is 1. The molecule has 21 heavy (non-hydrogen) atoms. The van der Waals surface area contributed by atoms with Crippen molar-refractivity contribution in [2.45, 2.75) is 0 Å². The normalized spacial score (nSPS) is 10.3. The highest BCUT2D eigenvalue weighted by Crippen LogP contribution is 2.15. The summed E-state index contributed by atoms with van der Waals surface area (Å²) >= 11 is 0. The molecule has 0 spiro atoms. The summed E-state index contributed by atoms with van der Waals surface area (Å²) in [4.78, 5) is 15.6.